The molecular weight excluding hydrogens is 640 g/mol. The number of oxime groups is 1. The Kier molecular flexibility index (Phi) is 8.06. The molecule has 5 N–H and O–H groups in total. The fraction of sp³-hybridized carbons (Fsp3) is 0.167. The Hall–Kier alpha value is -3.87. The van der Waals surface area contributed by atoms with Crippen LogP contribution in [0.1, 0.15) is 11.3 Å². The molecule has 0 saturated carbocycles. The van der Waals surface area contributed by atoms with Crippen molar-refractivity contribution in [2.75, 3.05) is 11.5 Å². The van der Waals surface area contributed by atoms with E-state index in [2.05, 4.69) is 15.5 Å². The summed E-state index contributed by atoms with van der Waals surface area (Å²) in [5.74, 6) is -2.83. The lowest BCUT2D eigenvalue weighted by atomic mass is 10.0. The first-order valence-corrected chi connectivity index (χ1v) is 15.1. The van der Waals surface area contributed by atoms with Crippen molar-refractivity contribution in [3.05, 3.63) is 73.9 Å². The van der Waals surface area contributed by atoms with Crippen molar-refractivity contribution in [3.63, 3.8) is 0 Å². The fourth-order valence-electron chi connectivity index (χ4n) is 4.14. The topological polar surface area (TPSA) is 175 Å². The van der Waals surface area contributed by atoms with Crippen molar-refractivity contribution in [3.8, 4) is 0 Å². The van der Waals surface area contributed by atoms with Crippen LogP contribution >= 0.6 is 46.2 Å². The molecule has 18 heteroatoms. The van der Waals surface area contributed by atoms with E-state index < -0.39 is 52.1 Å². The number of nitrogens with zero attached hydrogens (tertiary/aromatic N) is 3. The number of carboxylic acid groups (broad SMARTS) is 1. The fourth-order valence-corrected chi connectivity index (χ4v) is 8.02. The number of fused-ring (bicyclic) bond motifs is 2. The number of nitrogen functional groups attached to an aromatic ring is 1. The minimum absolute atomic E-state index is 0.00527. The van der Waals surface area contributed by atoms with Crippen LogP contribution in [0.25, 0.3) is 10.1 Å². The Morgan fingerprint density at radius 3 is 2.67 bits per heavy atom. The van der Waals surface area contributed by atoms with Gasteiger partial charge >= 0.3 is 12.1 Å². The molecule has 2 atom stereocenters. The predicted molar refractivity (Wildman–Crippen MR) is 153 cm³/mol. The summed E-state index contributed by atoms with van der Waals surface area (Å²) < 4.78 is 39.9. The van der Waals surface area contributed by atoms with Gasteiger partial charge in [-0.15, -0.1) is 34.4 Å². The summed E-state index contributed by atoms with van der Waals surface area (Å²) in [6.07, 6.45) is -3.11. The maximum absolute atomic E-state index is 13.1. The first kappa shape index (κ1) is 29.6. The first-order valence-electron chi connectivity index (χ1n) is 11.5. The number of nitrogens with two attached hydrogens (primary N) is 1. The number of hydrogen-bond donors (Lipinski definition) is 4. The Labute approximate surface area is 249 Å². The molecule has 11 nitrogen and oxygen atoms in total. The third-order valence-corrected chi connectivity index (χ3v) is 10.1. The summed E-state index contributed by atoms with van der Waals surface area (Å²) in [6.45, 7) is 0. The number of halogens is 3. The number of carboxylic acids is 1. The summed E-state index contributed by atoms with van der Waals surface area (Å²) in [5.41, 5.74) is 3.73. The molecule has 0 bridgehead atoms. The van der Waals surface area contributed by atoms with Crippen LogP contribution in [0.4, 0.5) is 18.3 Å². The second kappa shape index (κ2) is 11.4. The van der Waals surface area contributed by atoms with Gasteiger partial charge in [-0.25, -0.2) is 9.78 Å². The van der Waals surface area contributed by atoms with Gasteiger partial charge in [-0.2, -0.15) is 13.2 Å². The summed E-state index contributed by atoms with van der Waals surface area (Å²) in [6, 6.07) is 3.07. The van der Waals surface area contributed by atoms with E-state index in [9.17, 15) is 42.7 Å². The van der Waals surface area contributed by atoms with Crippen LogP contribution in [0.2, 0.25) is 0 Å². The van der Waals surface area contributed by atoms with Gasteiger partial charge in [0.05, 0.1) is 9.77 Å². The van der Waals surface area contributed by atoms with E-state index in [1.807, 2.05) is 0 Å². The zero-order valence-corrected chi connectivity index (χ0v) is 23.9. The van der Waals surface area contributed by atoms with E-state index in [1.54, 1.807) is 0 Å². The Balaban J connectivity index is 1.32. The molecule has 218 valence electrons. The van der Waals surface area contributed by atoms with E-state index in [0.717, 1.165) is 57.5 Å². The predicted octanol–water partition coefficient (Wildman–Crippen LogP) is 3.54. The molecule has 1 saturated heterocycles. The second-order valence-corrected chi connectivity index (χ2v) is 12.9. The minimum atomic E-state index is -4.57. The number of aliphatic carboxylic acids is 1. The number of aromatic nitrogens is 1. The Morgan fingerprint density at radius 1 is 1.26 bits per heavy atom. The number of thioether (sulfide) groups is 2. The van der Waals surface area contributed by atoms with Gasteiger partial charge in [-0.05, 0) is 35.3 Å². The first-order chi connectivity index (χ1) is 19.9. The van der Waals surface area contributed by atoms with Crippen LogP contribution in [0.5, 0.6) is 0 Å². The number of anilines is 1. The number of carbonyl (C=O) groups excluding carboxylic acids is 2. The third-order valence-electron chi connectivity index (χ3n) is 6.05. The molecule has 1 aromatic carbocycles. The SMILES string of the molecule is Nc1nc(/C(=N\O)C(=O)NC2C(=O)N3C(C(=O)O)=C(/C=C/Sc4cc(=O)c5ccc(C(F)(F)F)cc5s4)CS[C@H]23)cs1. The summed E-state index contributed by atoms with van der Waals surface area (Å²) >= 11 is 4.20. The summed E-state index contributed by atoms with van der Waals surface area (Å²) in [5, 5.41) is 26.9. The lowest BCUT2D eigenvalue weighted by Crippen LogP contribution is -2.71. The van der Waals surface area contributed by atoms with Gasteiger partial charge in [0.25, 0.3) is 11.8 Å². The maximum atomic E-state index is 13.1. The maximum Gasteiger partial charge on any atom is 0.416 e. The van der Waals surface area contributed by atoms with Crippen molar-refractivity contribution in [2.45, 2.75) is 21.8 Å². The summed E-state index contributed by atoms with van der Waals surface area (Å²) in [4.78, 5) is 55.0. The summed E-state index contributed by atoms with van der Waals surface area (Å²) in [7, 11) is 0. The quantitative estimate of drug-likeness (QED) is 0.0969. The molecule has 1 unspecified atom stereocenters. The van der Waals surface area contributed by atoms with Crippen molar-refractivity contribution < 1.29 is 37.9 Å². The van der Waals surface area contributed by atoms with Gasteiger partial charge < -0.3 is 21.4 Å². The van der Waals surface area contributed by atoms with Crippen molar-refractivity contribution in [2.24, 2.45) is 5.16 Å². The molecule has 2 aliphatic rings. The van der Waals surface area contributed by atoms with Crippen molar-refractivity contribution >= 4 is 84.9 Å². The van der Waals surface area contributed by atoms with Crippen LogP contribution in [0.3, 0.4) is 0 Å². The molecule has 0 aliphatic carbocycles. The van der Waals surface area contributed by atoms with Gasteiger partial charge in [-0.1, -0.05) is 16.9 Å². The third kappa shape index (κ3) is 5.61. The number of amides is 2. The van der Waals surface area contributed by atoms with Gasteiger partial charge in [-0.3, -0.25) is 19.3 Å². The van der Waals surface area contributed by atoms with Crippen molar-refractivity contribution in [1.82, 2.24) is 15.2 Å². The van der Waals surface area contributed by atoms with Gasteiger partial charge in [0.1, 0.15) is 22.8 Å². The molecule has 4 heterocycles. The highest BCUT2D eigenvalue weighted by Crippen LogP contribution is 2.41. The molecule has 3 aromatic rings. The molecule has 5 rings (SSSR count). The zero-order chi connectivity index (χ0) is 30.3. The largest absolute Gasteiger partial charge is 0.477 e. The average Bonchev–Trinajstić information content (AvgIpc) is 3.36. The lowest BCUT2D eigenvalue weighted by molar-refractivity contribution is -0.150. The minimum Gasteiger partial charge on any atom is -0.477 e. The molecule has 2 aromatic heterocycles. The number of allylic oxidation sites excluding steroid dienone is 1. The highest BCUT2D eigenvalue weighted by atomic mass is 32.2. The lowest BCUT2D eigenvalue weighted by Gasteiger charge is -2.49. The van der Waals surface area contributed by atoms with E-state index in [-0.39, 0.29) is 37.9 Å². The normalized spacial score (nSPS) is 19.3. The van der Waals surface area contributed by atoms with Gasteiger partial charge in [0, 0.05) is 27.3 Å². The standard InChI is InChI=1S/C24H16F3N5O6S4/c25-24(26,27)10-1-2-11-13(33)6-15(42-14(11)5-10)39-4-3-9-7-40-21-17(20(35)32(21)18(9)22(36)37)30-19(34)16(31-38)12-8-41-23(28)29-12/h1-6,8,17,21,38H,7H2,(H2,28,29)(H,30,34)(H,36,37)/b4-3+,31-16+/t17?,21-/m1/s1. The van der Waals surface area contributed by atoms with Crippen LogP contribution in [0.15, 0.2) is 66.6 Å². The smallest absolute Gasteiger partial charge is 0.416 e. The molecule has 2 aliphatic heterocycles. The van der Waals surface area contributed by atoms with E-state index in [1.165, 1.54) is 34.7 Å². The Bertz CT molecular complexity index is 1780. The number of carbonyl (C=O) groups is 3. The monoisotopic (exact) mass is 655 g/mol. The number of benzene rings is 1. The van der Waals surface area contributed by atoms with Crippen LogP contribution in [-0.2, 0) is 20.6 Å². The van der Waals surface area contributed by atoms with Crippen LogP contribution in [-0.4, -0.2) is 60.9 Å². The van der Waals surface area contributed by atoms with Gasteiger partial charge in [0.15, 0.2) is 16.3 Å². The zero-order valence-electron chi connectivity index (χ0n) is 20.6. The molecule has 1 fully saturated rings. The second-order valence-electron chi connectivity index (χ2n) is 8.62. The molecule has 42 heavy (non-hydrogen) atoms. The number of rotatable bonds is 7. The van der Waals surface area contributed by atoms with E-state index in [4.69, 9.17) is 5.73 Å². The molecule has 0 spiro atoms. The highest BCUT2D eigenvalue weighted by Gasteiger charge is 2.54. The molecular formula is C24H16F3N5O6S4. The Morgan fingerprint density at radius 2 is 2.02 bits per heavy atom. The van der Waals surface area contributed by atoms with E-state index in [0.29, 0.717) is 4.21 Å². The van der Waals surface area contributed by atoms with Gasteiger partial charge in [0.2, 0.25) is 0 Å². The molecule has 2 amide bonds. The number of alkyl halides is 3. The van der Waals surface area contributed by atoms with E-state index >= 15 is 0 Å². The number of nitrogens with one attached hydrogen (secondary N) is 1. The van der Waals surface area contributed by atoms with Crippen LogP contribution in [0, 0.1) is 0 Å². The van der Waals surface area contributed by atoms with Crippen LogP contribution < -0.4 is 16.5 Å². The molecule has 0 radical (unpaired) electrons. The average molecular weight is 656 g/mol. The van der Waals surface area contributed by atoms with Crippen molar-refractivity contribution in [1.29, 1.82) is 0 Å². The number of β-lactam (4-membered cyclic amide) rings is 1. The number of thiazole rings is 1. The number of hydrogen-bond acceptors (Lipinski definition) is 12. The highest BCUT2D eigenvalue weighted by molar-refractivity contribution is 8.04.